The molecule has 0 bridgehead atoms. The monoisotopic (exact) mass is 413 g/mol. The number of ketones is 1. The summed E-state index contributed by atoms with van der Waals surface area (Å²) in [5.74, 6) is -0.794. The van der Waals surface area contributed by atoms with Gasteiger partial charge in [0.2, 0.25) is 17.7 Å². The zero-order valence-electron chi connectivity index (χ0n) is 18.3. The molecule has 9 nitrogen and oxygen atoms in total. The van der Waals surface area contributed by atoms with Gasteiger partial charge in [-0.15, -0.1) is 0 Å². The molecule has 0 aromatic carbocycles. The van der Waals surface area contributed by atoms with E-state index in [2.05, 4.69) is 21.3 Å². The van der Waals surface area contributed by atoms with Crippen LogP contribution in [0, 0.1) is 5.92 Å². The van der Waals surface area contributed by atoms with Gasteiger partial charge in [-0.05, 0) is 12.8 Å². The predicted molar refractivity (Wildman–Crippen MR) is 113 cm³/mol. The number of nitrogens with two attached hydrogens (primary N) is 1. The van der Waals surface area contributed by atoms with Crippen molar-refractivity contribution in [3.05, 3.63) is 0 Å². The first-order chi connectivity index (χ1) is 13.7. The molecule has 0 aromatic heterocycles. The first-order valence-corrected chi connectivity index (χ1v) is 10.5. The summed E-state index contributed by atoms with van der Waals surface area (Å²) in [5, 5.41) is 11.3. The van der Waals surface area contributed by atoms with Gasteiger partial charge in [-0.25, -0.2) is 0 Å². The minimum Gasteiger partial charge on any atom is -0.355 e. The van der Waals surface area contributed by atoms with Crippen LogP contribution in [0.4, 0.5) is 0 Å². The molecule has 1 atom stereocenters. The minimum atomic E-state index is -0.811. The van der Waals surface area contributed by atoms with E-state index in [0.717, 1.165) is 0 Å². The highest BCUT2D eigenvalue weighted by Gasteiger charge is 2.21. The van der Waals surface area contributed by atoms with Gasteiger partial charge in [0.25, 0.3) is 0 Å². The van der Waals surface area contributed by atoms with Gasteiger partial charge < -0.3 is 27.0 Å². The van der Waals surface area contributed by atoms with Crippen LogP contribution in [0.1, 0.15) is 59.8 Å². The summed E-state index contributed by atoms with van der Waals surface area (Å²) in [7, 11) is 0. The van der Waals surface area contributed by atoms with E-state index >= 15 is 0 Å². The second kappa shape index (κ2) is 15.9. The quantitative estimate of drug-likeness (QED) is 0.223. The maximum atomic E-state index is 12.3. The first-order valence-electron chi connectivity index (χ1n) is 10.5. The molecule has 0 aliphatic rings. The molecule has 0 fully saturated rings. The lowest BCUT2D eigenvalue weighted by atomic mass is 10.0. The van der Waals surface area contributed by atoms with Gasteiger partial charge in [-0.1, -0.05) is 27.7 Å². The Hall–Kier alpha value is -2.00. The van der Waals surface area contributed by atoms with Crippen LogP contribution in [0.3, 0.4) is 0 Å². The van der Waals surface area contributed by atoms with Crippen LogP contribution in [0.25, 0.3) is 0 Å². The van der Waals surface area contributed by atoms with Crippen molar-refractivity contribution in [3.8, 4) is 0 Å². The maximum Gasteiger partial charge on any atom is 0.242 e. The SMILES string of the molecule is CC(C)NCCNC(=O)CCC(NC(=O)CCCC(=O)C(C)C)C(=O)NCCN. The molecule has 1 unspecified atom stereocenters. The summed E-state index contributed by atoms with van der Waals surface area (Å²) in [6.45, 7) is 9.43. The van der Waals surface area contributed by atoms with Crippen LogP contribution >= 0.6 is 0 Å². The molecule has 9 heteroatoms. The smallest absolute Gasteiger partial charge is 0.242 e. The molecule has 0 aliphatic heterocycles. The molecule has 0 heterocycles. The van der Waals surface area contributed by atoms with Gasteiger partial charge in [0, 0.05) is 57.4 Å². The standard InChI is InChI=1S/C20H39N5O4/c1-14(2)17(26)6-5-7-19(28)25-16(20(29)24-11-10-21)8-9-18(27)23-13-12-22-15(3)4/h14-16,22H,5-13,21H2,1-4H3,(H,23,27)(H,24,29)(H,25,28). The van der Waals surface area contributed by atoms with Crippen molar-refractivity contribution in [1.29, 1.82) is 0 Å². The number of rotatable bonds is 16. The minimum absolute atomic E-state index is 0.0536. The second-order valence-electron chi connectivity index (χ2n) is 7.67. The van der Waals surface area contributed by atoms with Crippen LogP contribution in [0.15, 0.2) is 0 Å². The number of amides is 3. The van der Waals surface area contributed by atoms with E-state index in [4.69, 9.17) is 5.73 Å². The first kappa shape index (κ1) is 27.0. The van der Waals surface area contributed by atoms with Crippen LogP contribution in [-0.4, -0.2) is 61.8 Å². The third-order valence-corrected chi connectivity index (χ3v) is 4.23. The molecule has 3 amide bonds. The number of carbonyl (C=O) groups is 4. The predicted octanol–water partition coefficient (Wildman–Crippen LogP) is -0.164. The van der Waals surface area contributed by atoms with Crippen molar-refractivity contribution < 1.29 is 19.2 Å². The Labute approximate surface area is 174 Å². The van der Waals surface area contributed by atoms with Crippen LogP contribution in [0.2, 0.25) is 0 Å². The van der Waals surface area contributed by atoms with E-state index < -0.39 is 6.04 Å². The molecular weight excluding hydrogens is 374 g/mol. The largest absolute Gasteiger partial charge is 0.355 e. The van der Waals surface area contributed by atoms with E-state index in [1.165, 1.54) is 0 Å². The van der Waals surface area contributed by atoms with Crippen molar-refractivity contribution in [2.45, 2.75) is 71.9 Å². The van der Waals surface area contributed by atoms with Crippen molar-refractivity contribution in [2.24, 2.45) is 11.7 Å². The summed E-state index contributed by atoms with van der Waals surface area (Å²) in [5.41, 5.74) is 5.40. The van der Waals surface area contributed by atoms with Gasteiger partial charge in [0.1, 0.15) is 11.8 Å². The second-order valence-corrected chi connectivity index (χ2v) is 7.67. The van der Waals surface area contributed by atoms with Crippen molar-refractivity contribution in [2.75, 3.05) is 26.2 Å². The van der Waals surface area contributed by atoms with Crippen molar-refractivity contribution in [1.82, 2.24) is 21.3 Å². The molecule has 0 aliphatic carbocycles. The normalized spacial score (nSPS) is 12.0. The van der Waals surface area contributed by atoms with E-state index in [0.29, 0.717) is 38.5 Å². The summed E-state index contributed by atoms with van der Waals surface area (Å²) in [6, 6.07) is -0.469. The van der Waals surface area contributed by atoms with Gasteiger partial charge in [-0.3, -0.25) is 19.2 Å². The lowest BCUT2D eigenvalue weighted by Crippen LogP contribution is -2.48. The highest BCUT2D eigenvalue weighted by atomic mass is 16.2. The number of nitrogens with one attached hydrogen (secondary N) is 4. The molecule has 29 heavy (non-hydrogen) atoms. The third kappa shape index (κ3) is 14.6. The fourth-order valence-corrected chi connectivity index (χ4v) is 2.49. The fourth-order valence-electron chi connectivity index (χ4n) is 2.49. The van der Waals surface area contributed by atoms with Crippen LogP contribution in [-0.2, 0) is 19.2 Å². The molecule has 168 valence electrons. The van der Waals surface area contributed by atoms with E-state index in [9.17, 15) is 19.2 Å². The summed E-state index contributed by atoms with van der Waals surface area (Å²) < 4.78 is 0. The van der Waals surface area contributed by atoms with Gasteiger partial charge in [0.15, 0.2) is 0 Å². The molecule has 0 rings (SSSR count). The lowest BCUT2D eigenvalue weighted by molar-refractivity contribution is -0.130. The Kier molecular flexibility index (Phi) is 14.8. The van der Waals surface area contributed by atoms with Crippen LogP contribution in [0.5, 0.6) is 0 Å². The highest BCUT2D eigenvalue weighted by molar-refractivity contribution is 5.88. The fraction of sp³-hybridized carbons (Fsp3) is 0.800. The Morgan fingerprint density at radius 3 is 2.10 bits per heavy atom. The Morgan fingerprint density at radius 1 is 0.828 bits per heavy atom. The zero-order valence-corrected chi connectivity index (χ0v) is 18.3. The summed E-state index contributed by atoms with van der Waals surface area (Å²) >= 11 is 0. The van der Waals surface area contributed by atoms with Crippen LogP contribution < -0.4 is 27.0 Å². The molecule has 0 saturated carbocycles. The van der Waals surface area contributed by atoms with E-state index in [-0.39, 0.29) is 55.2 Å². The molecular formula is C20H39N5O4. The van der Waals surface area contributed by atoms with Crippen molar-refractivity contribution >= 4 is 23.5 Å². The van der Waals surface area contributed by atoms with Gasteiger partial charge in [-0.2, -0.15) is 0 Å². The Bertz CT molecular complexity index is 523. The zero-order chi connectivity index (χ0) is 22.2. The third-order valence-electron chi connectivity index (χ3n) is 4.23. The molecule has 0 saturated heterocycles. The Balaban J connectivity index is 4.46. The topological polar surface area (TPSA) is 142 Å². The average Bonchev–Trinajstić information content (AvgIpc) is 2.66. The van der Waals surface area contributed by atoms with Gasteiger partial charge in [0.05, 0.1) is 0 Å². The van der Waals surface area contributed by atoms with Crippen molar-refractivity contribution in [3.63, 3.8) is 0 Å². The molecule has 6 N–H and O–H groups in total. The van der Waals surface area contributed by atoms with E-state index in [1.54, 1.807) is 0 Å². The summed E-state index contributed by atoms with van der Waals surface area (Å²) in [4.78, 5) is 48.1. The average molecular weight is 414 g/mol. The number of hydrogen-bond donors (Lipinski definition) is 5. The highest BCUT2D eigenvalue weighted by Crippen LogP contribution is 2.05. The summed E-state index contributed by atoms with van der Waals surface area (Å²) in [6.07, 6.45) is 1.24. The molecule has 0 spiro atoms. The maximum absolute atomic E-state index is 12.3. The van der Waals surface area contributed by atoms with Gasteiger partial charge >= 0.3 is 0 Å². The number of Topliss-reactive ketones (excluding diaryl/α,β-unsaturated/α-hetero) is 1. The number of carbonyl (C=O) groups excluding carboxylic acids is 4. The molecule has 0 aromatic rings. The van der Waals surface area contributed by atoms with E-state index in [1.807, 2.05) is 27.7 Å². The Morgan fingerprint density at radius 2 is 1.52 bits per heavy atom. The number of hydrogen-bond acceptors (Lipinski definition) is 6. The lowest BCUT2D eigenvalue weighted by Gasteiger charge is -2.18. The molecule has 0 radical (unpaired) electrons.